The number of hydrogen-bond acceptors (Lipinski definition) is 5. The van der Waals surface area contributed by atoms with E-state index in [0.29, 0.717) is 22.6 Å². The van der Waals surface area contributed by atoms with Gasteiger partial charge in [0.05, 0.1) is 13.7 Å². The van der Waals surface area contributed by atoms with Gasteiger partial charge in [-0.05, 0) is 54.1 Å². The molecule has 0 bridgehead atoms. The molecule has 3 amide bonds. The molecule has 0 saturated heterocycles. The highest BCUT2D eigenvalue weighted by Gasteiger charge is 2.09. The topological polar surface area (TPSA) is 109 Å². The molecule has 0 radical (unpaired) electrons. The Hall–Kier alpha value is -4.20. The highest BCUT2D eigenvalue weighted by molar-refractivity contribution is 6.04. The number of carbonyl (C=O) groups excluding carboxylic acids is 3. The van der Waals surface area contributed by atoms with Gasteiger partial charge >= 0.3 is 0 Å². The van der Waals surface area contributed by atoms with Crippen LogP contribution in [0, 0.1) is 0 Å². The minimum absolute atomic E-state index is 0.149. The fraction of sp³-hybridized carbons (Fsp3) is 0.130. The third kappa shape index (κ3) is 6.40. The van der Waals surface area contributed by atoms with Crippen molar-refractivity contribution >= 4 is 23.4 Å². The largest absolute Gasteiger partial charge is 0.497 e. The van der Waals surface area contributed by atoms with Crippen LogP contribution in [-0.4, -0.2) is 36.4 Å². The van der Waals surface area contributed by atoms with Crippen molar-refractivity contribution in [3.63, 3.8) is 0 Å². The summed E-state index contributed by atoms with van der Waals surface area (Å²) >= 11 is 0. The van der Waals surface area contributed by atoms with Crippen molar-refractivity contribution in [1.82, 2.24) is 15.6 Å². The zero-order valence-corrected chi connectivity index (χ0v) is 16.9. The first-order chi connectivity index (χ1) is 15.0. The molecule has 8 heteroatoms. The lowest BCUT2D eigenvalue weighted by Gasteiger charge is -2.10. The van der Waals surface area contributed by atoms with Gasteiger partial charge in [-0.1, -0.05) is 12.1 Å². The Balaban J connectivity index is 1.47. The van der Waals surface area contributed by atoms with Crippen molar-refractivity contribution in [2.75, 3.05) is 19.0 Å². The maximum absolute atomic E-state index is 12.2. The molecule has 0 aliphatic heterocycles. The van der Waals surface area contributed by atoms with Gasteiger partial charge in [-0.2, -0.15) is 0 Å². The lowest BCUT2D eigenvalue weighted by Crippen LogP contribution is -2.36. The molecule has 0 spiro atoms. The molecule has 3 aromatic rings. The SMILES string of the molecule is COc1ccc(C(=O)NCC(=O)NCc2cccc(NC(=O)c3ccncc3)c2)cc1. The molecule has 1 heterocycles. The van der Waals surface area contributed by atoms with Gasteiger partial charge in [0, 0.05) is 35.8 Å². The van der Waals surface area contributed by atoms with E-state index in [-0.39, 0.29) is 30.8 Å². The molecule has 1 aromatic heterocycles. The summed E-state index contributed by atoms with van der Waals surface area (Å²) in [6, 6.07) is 17.0. The van der Waals surface area contributed by atoms with Gasteiger partial charge in [0.15, 0.2) is 0 Å². The molecule has 8 nitrogen and oxygen atoms in total. The molecule has 31 heavy (non-hydrogen) atoms. The average molecular weight is 418 g/mol. The Bertz CT molecular complexity index is 1050. The van der Waals surface area contributed by atoms with E-state index in [9.17, 15) is 14.4 Å². The summed E-state index contributed by atoms with van der Waals surface area (Å²) in [6.07, 6.45) is 3.10. The third-order valence-electron chi connectivity index (χ3n) is 4.38. The maximum atomic E-state index is 12.2. The van der Waals surface area contributed by atoms with E-state index in [2.05, 4.69) is 20.9 Å². The number of aromatic nitrogens is 1. The van der Waals surface area contributed by atoms with Gasteiger partial charge < -0.3 is 20.7 Å². The summed E-state index contributed by atoms with van der Waals surface area (Å²) in [4.78, 5) is 40.3. The van der Waals surface area contributed by atoms with Crippen LogP contribution in [0.25, 0.3) is 0 Å². The molecule has 3 N–H and O–H groups in total. The zero-order chi connectivity index (χ0) is 22.1. The number of nitrogens with one attached hydrogen (secondary N) is 3. The number of anilines is 1. The van der Waals surface area contributed by atoms with Crippen LogP contribution in [0.15, 0.2) is 73.1 Å². The summed E-state index contributed by atoms with van der Waals surface area (Å²) in [5.74, 6) is -0.273. The first-order valence-electron chi connectivity index (χ1n) is 9.54. The first kappa shape index (κ1) is 21.5. The van der Waals surface area contributed by atoms with E-state index in [1.165, 1.54) is 0 Å². The number of methoxy groups -OCH3 is 1. The molecule has 3 rings (SSSR count). The molecule has 0 saturated carbocycles. The van der Waals surface area contributed by atoms with Gasteiger partial charge in [-0.3, -0.25) is 19.4 Å². The van der Waals surface area contributed by atoms with Crippen LogP contribution in [0.5, 0.6) is 5.75 Å². The summed E-state index contributed by atoms with van der Waals surface area (Å²) in [5.41, 5.74) is 2.36. The van der Waals surface area contributed by atoms with Gasteiger partial charge in [0.1, 0.15) is 5.75 Å². The number of pyridine rings is 1. The van der Waals surface area contributed by atoms with Crippen molar-refractivity contribution in [3.8, 4) is 5.75 Å². The summed E-state index contributed by atoms with van der Waals surface area (Å²) < 4.78 is 5.05. The van der Waals surface area contributed by atoms with Gasteiger partial charge in [-0.25, -0.2) is 0 Å². The number of hydrogen-bond donors (Lipinski definition) is 3. The first-order valence-corrected chi connectivity index (χ1v) is 9.54. The van der Waals surface area contributed by atoms with E-state index in [1.54, 1.807) is 74.1 Å². The molecule has 0 fully saturated rings. The fourth-order valence-electron chi connectivity index (χ4n) is 2.73. The Morgan fingerprint density at radius 3 is 2.29 bits per heavy atom. The number of carbonyl (C=O) groups is 3. The normalized spacial score (nSPS) is 10.1. The van der Waals surface area contributed by atoms with E-state index in [1.807, 2.05) is 6.07 Å². The van der Waals surface area contributed by atoms with E-state index in [4.69, 9.17) is 4.74 Å². The lowest BCUT2D eigenvalue weighted by molar-refractivity contribution is -0.120. The number of nitrogens with zero attached hydrogens (tertiary/aromatic N) is 1. The molecular formula is C23H22N4O4. The summed E-state index contributed by atoms with van der Waals surface area (Å²) in [5, 5.41) is 8.12. The Kier molecular flexibility index (Phi) is 7.31. The van der Waals surface area contributed by atoms with E-state index in [0.717, 1.165) is 5.56 Å². The highest BCUT2D eigenvalue weighted by atomic mass is 16.5. The molecule has 2 aromatic carbocycles. The van der Waals surface area contributed by atoms with Crippen molar-refractivity contribution < 1.29 is 19.1 Å². The van der Waals surface area contributed by atoms with Crippen molar-refractivity contribution in [3.05, 3.63) is 89.7 Å². The van der Waals surface area contributed by atoms with Gasteiger partial charge in [-0.15, -0.1) is 0 Å². The average Bonchev–Trinajstić information content (AvgIpc) is 2.82. The quantitative estimate of drug-likeness (QED) is 0.520. The smallest absolute Gasteiger partial charge is 0.255 e. The molecule has 0 unspecified atom stereocenters. The van der Waals surface area contributed by atoms with Crippen LogP contribution in [0.1, 0.15) is 26.3 Å². The predicted octanol–water partition coefficient (Wildman–Crippen LogP) is 2.39. The zero-order valence-electron chi connectivity index (χ0n) is 16.9. The predicted molar refractivity (Wildman–Crippen MR) is 116 cm³/mol. The minimum Gasteiger partial charge on any atom is -0.497 e. The highest BCUT2D eigenvalue weighted by Crippen LogP contribution is 2.13. The van der Waals surface area contributed by atoms with Crippen molar-refractivity contribution in [1.29, 1.82) is 0 Å². The van der Waals surface area contributed by atoms with Crippen LogP contribution >= 0.6 is 0 Å². The van der Waals surface area contributed by atoms with Crippen LogP contribution in [0.3, 0.4) is 0 Å². The number of benzene rings is 2. The molecule has 0 aliphatic carbocycles. The van der Waals surface area contributed by atoms with Crippen LogP contribution in [0.4, 0.5) is 5.69 Å². The van der Waals surface area contributed by atoms with E-state index >= 15 is 0 Å². The molecular weight excluding hydrogens is 396 g/mol. The second kappa shape index (κ2) is 10.5. The monoisotopic (exact) mass is 418 g/mol. The van der Waals surface area contributed by atoms with Gasteiger partial charge in [0.25, 0.3) is 11.8 Å². The number of ether oxygens (including phenoxy) is 1. The fourth-order valence-corrected chi connectivity index (χ4v) is 2.73. The van der Waals surface area contributed by atoms with Crippen molar-refractivity contribution in [2.24, 2.45) is 0 Å². The lowest BCUT2D eigenvalue weighted by atomic mass is 10.2. The Labute approximate surface area is 179 Å². The molecule has 0 aliphatic rings. The van der Waals surface area contributed by atoms with Gasteiger partial charge in [0.2, 0.25) is 5.91 Å². The molecule has 0 atom stereocenters. The third-order valence-corrected chi connectivity index (χ3v) is 4.38. The Morgan fingerprint density at radius 2 is 1.58 bits per heavy atom. The number of amides is 3. The second-order valence-electron chi connectivity index (χ2n) is 6.58. The minimum atomic E-state index is -0.348. The van der Waals surface area contributed by atoms with Crippen molar-refractivity contribution in [2.45, 2.75) is 6.54 Å². The van der Waals surface area contributed by atoms with Crippen LogP contribution in [-0.2, 0) is 11.3 Å². The maximum Gasteiger partial charge on any atom is 0.255 e. The standard InChI is InChI=1S/C23H22N4O4/c1-31-20-7-5-17(6-8-20)22(29)26-15-21(28)25-14-16-3-2-4-19(13-16)27-23(30)18-9-11-24-12-10-18/h2-13H,14-15H2,1H3,(H,25,28)(H,26,29)(H,27,30). The number of rotatable bonds is 8. The second-order valence-corrected chi connectivity index (χ2v) is 6.58. The van der Waals surface area contributed by atoms with Crippen LogP contribution < -0.4 is 20.7 Å². The summed E-state index contributed by atoms with van der Waals surface area (Å²) in [6.45, 7) is 0.111. The Morgan fingerprint density at radius 1 is 0.871 bits per heavy atom. The molecule has 158 valence electrons. The summed E-state index contributed by atoms with van der Waals surface area (Å²) in [7, 11) is 1.55. The van der Waals surface area contributed by atoms with Crippen LogP contribution in [0.2, 0.25) is 0 Å². The van der Waals surface area contributed by atoms with E-state index < -0.39 is 0 Å².